The van der Waals surface area contributed by atoms with E-state index in [0.717, 1.165) is 27.7 Å². The normalized spacial score (nSPS) is 10.3. The Morgan fingerprint density at radius 2 is 1.78 bits per heavy atom. The number of hydrogen-bond donors (Lipinski definition) is 2. The fraction of sp³-hybridized carbons (Fsp3) is 0.111. The van der Waals surface area contributed by atoms with Gasteiger partial charge in [0.1, 0.15) is 5.82 Å². The molecule has 0 aliphatic rings. The smallest absolute Gasteiger partial charge is 0.229 e. The van der Waals surface area contributed by atoms with Crippen LogP contribution < -0.4 is 10.6 Å². The molecule has 3 rings (SSSR count). The number of para-hydroxylation sites is 1. The van der Waals surface area contributed by atoms with E-state index in [-0.39, 0.29) is 0 Å². The molecule has 0 fully saturated rings. The van der Waals surface area contributed by atoms with Crippen molar-refractivity contribution in [3.63, 3.8) is 0 Å². The Labute approximate surface area is 140 Å². The number of aromatic nitrogens is 2. The number of halogens is 1. The maximum atomic E-state index is 5.89. The summed E-state index contributed by atoms with van der Waals surface area (Å²) in [4.78, 5) is 8.75. The highest BCUT2D eigenvalue weighted by molar-refractivity contribution is 6.30. The molecule has 0 bridgehead atoms. The molecular formula is C18H17ClN4. The lowest BCUT2D eigenvalue weighted by molar-refractivity contribution is 1.08. The standard InChI is InChI=1S/C18H17ClN4/c1-13-4-2-3-5-16(13)22-18-20-11-10-17(23-18)21-12-14-6-8-15(19)9-7-14/h2-11H,12H2,1H3,(H2,20,21,22,23). The van der Waals surface area contributed by atoms with E-state index in [4.69, 9.17) is 11.6 Å². The van der Waals surface area contributed by atoms with Crippen molar-refractivity contribution in [3.8, 4) is 0 Å². The van der Waals surface area contributed by atoms with Crippen LogP contribution in [-0.2, 0) is 6.54 Å². The second kappa shape index (κ2) is 7.11. The predicted molar refractivity (Wildman–Crippen MR) is 95.3 cm³/mol. The summed E-state index contributed by atoms with van der Waals surface area (Å²) < 4.78 is 0. The topological polar surface area (TPSA) is 49.8 Å². The highest BCUT2D eigenvalue weighted by Crippen LogP contribution is 2.18. The molecule has 23 heavy (non-hydrogen) atoms. The highest BCUT2D eigenvalue weighted by Gasteiger charge is 2.02. The number of hydrogen-bond acceptors (Lipinski definition) is 4. The zero-order valence-corrected chi connectivity index (χ0v) is 13.5. The van der Waals surface area contributed by atoms with E-state index in [0.29, 0.717) is 12.5 Å². The maximum absolute atomic E-state index is 5.89. The minimum atomic E-state index is 0.570. The molecule has 2 N–H and O–H groups in total. The molecule has 0 saturated heterocycles. The zero-order valence-electron chi connectivity index (χ0n) is 12.8. The van der Waals surface area contributed by atoms with Crippen LogP contribution in [0.1, 0.15) is 11.1 Å². The van der Waals surface area contributed by atoms with Crippen LogP contribution in [0, 0.1) is 6.92 Å². The highest BCUT2D eigenvalue weighted by atomic mass is 35.5. The van der Waals surface area contributed by atoms with Gasteiger partial charge in [-0.2, -0.15) is 4.98 Å². The number of aryl methyl sites for hydroxylation is 1. The largest absolute Gasteiger partial charge is 0.366 e. The van der Waals surface area contributed by atoms with Crippen molar-refractivity contribution in [1.82, 2.24) is 9.97 Å². The first kappa shape index (κ1) is 15.3. The van der Waals surface area contributed by atoms with Gasteiger partial charge < -0.3 is 10.6 Å². The molecule has 0 spiro atoms. The monoisotopic (exact) mass is 324 g/mol. The molecular weight excluding hydrogens is 308 g/mol. The molecule has 0 atom stereocenters. The molecule has 0 aliphatic heterocycles. The molecule has 0 aliphatic carbocycles. The van der Waals surface area contributed by atoms with Gasteiger partial charge in [0.2, 0.25) is 5.95 Å². The fourth-order valence-corrected chi connectivity index (χ4v) is 2.27. The summed E-state index contributed by atoms with van der Waals surface area (Å²) >= 11 is 5.89. The van der Waals surface area contributed by atoms with E-state index in [1.807, 2.05) is 61.5 Å². The molecule has 1 heterocycles. The van der Waals surface area contributed by atoms with Gasteiger partial charge in [0.25, 0.3) is 0 Å². The van der Waals surface area contributed by atoms with Gasteiger partial charge in [-0.15, -0.1) is 0 Å². The third-order valence-corrected chi connectivity index (χ3v) is 3.69. The summed E-state index contributed by atoms with van der Waals surface area (Å²) in [7, 11) is 0. The van der Waals surface area contributed by atoms with Crippen LogP contribution in [0.15, 0.2) is 60.8 Å². The Morgan fingerprint density at radius 1 is 1.00 bits per heavy atom. The number of benzene rings is 2. The average molecular weight is 325 g/mol. The van der Waals surface area contributed by atoms with Crippen LogP contribution in [0.25, 0.3) is 0 Å². The van der Waals surface area contributed by atoms with Crippen LogP contribution in [-0.4, -0.2) is 9.97 Å². The summed E-state index contributed by atoms with van der Waals surface area (Å²) in [6, 6.07) is 17.6. The van der Waals surface area contributed by atoms with Crippen molar-refractivity contribution in [2.45, 2.75) is 13.5 Å². The van der Waals surface area contributed by atoms with Gasteiger partial charge in [0, 0.05) is 23.5 Å². The van der Waals surface area contributed by atoms with Gasteiger partial charge in [-0.05, 0) is 42.3 Å². The van der Waals surface area contributed by atoms with E-state index in [9.17, 15) is 0 Å². The van der Waals surface area contributed by atoms with Crippen LogP contribution in [0.5, 0.6) is 0 Å². The van der Waals surface area contributed by atoms with E-state index in [1.165, 1.54) is 0 Å². The Morgan fingerprint density at radius 3 is 2.57 bits per heavy atom. The lowest BCUT2D eigenvalue weighted by atomic mass is 10.2. The summed E-state index contributed by atoms with van der Waals surface area (Å²) in [5, 5.41) is 7.26. The minimum Gasteiger partial charge on any atom is -0.366 e. The van der Waals surface area contributed by atoms with E-state index < -0.39 is 0 Å². The van der Waals surface area contributed by atoms with Gasteiger partial charge in [-0.3, -0.25) is 0 Å². The third kappa shape index (κ3) is 4.20. The summed E-state index contributed by atoms with van der Waals surface area (Å²) in [5.74, 6) is 1.34. The first-order valence-electron chi connectivity index (χ1n) is 7.35. The number of nitrogens with zero attached hydrogens (tertiary/aromatic N) is 2. The summed E-state index contributed by atoms with van der Waals surface area (Å²) in [5.41, 5.74) is 3.29. The lowest BCUT2D eigenvalue weighted by Crippen LogP contribution is -2.04. The zero-order chi connectivity index (χ0) is 16.1. The second-order valence-corrected chi connectivity index (χ2v) is 5.62. The van der Waals surface area contributed by atoms with E-state index in [2.05, 4.69) is 20.6 Å². The lowest BCUT2D eigenvalue weighted by Gasteiger charge is -2.10. The molecule has 1 aromatic heterocycles. The molecule has 0 unspecified atom stereocenters. The summed E-state index contributed by atoms with van der Waals surface area (Å²) in [6.07, 6.45) is 1.73. The average Bonchev–Trinajstić information content (AvgIpc) is 2.57. The molecule has 2 aromatic carbocycles. The van der Waals surface area contributed by atoms with Crippen molar-refractivity contribution >= 4 is 29.1 Å². The Balaban J connectivity index is 1.67. The Bertz CT molecular complexity index is 787. The van der Waals surface area contributed by atoms with Crippen LogP contribution in [0.4, 0.5) is 17.5 Å². The third-order valence-electron chi connectivity index (χ3n) is 3.43. The quantitative estimate of drug-likeness (QED) is 0.708. The van der Waals surface area contributed by atoms with Crippen LogP contribution in [0.2, 0.25) is 5.02 Å². The van der Waals surface area contributed by atoms with Crippen molar-refractivity contribution in [1.29, 1.82) is 0 Å². The molecule has 0 radical (unpaired) electrons. The first-order valence-corrected chi connectivity index (χ1v) is 7.72. The predicted octanol–water partition coefficient (Wildman–Crippen LogP) is 4.79. The molecule has 0 amide bonds. The van der Waals surface area contributed by atoms with Crippen molar-refractivity contribution in [2.75, 3.05) is 10.6 Å². The van der Waals surface area contributed by atoms with Crippen molar-refractivity contribution in [2.24, 2.45) is 0 Å². The number of anilines is 3. The minimum absolute atomic E-state index is 0.570. The molecule has 4 nitrogen and oxygen atoms in total. The van der Waals surface area contributed by atoms with E-state index >= 15 is 0 Å². The SMILES string of the molecule is Cc1ccccc1Nc1nccc(NCc2ccc(Cl)cc2)n1. The fourth-order valence-electron chi connectivity index (χ4n) is 2.15. The molecule has 116 valence electrons. The van der Waals surface area contributed by atoms with Crippen LogP contribution in [0.3, 0.4) is 0 Å². The van der Waals surface area contributed by atoms with Gasteiger partial charge >= 0.3 is 0 Å². The van der Waals surface area contributed by atoms with Gasteiger partial charge in [-0.1, -0.05) is 41.9 Å². The van der Waals surface area contributed by atoms with Crippen molar-refractivity contribution < 1.29 is 0 Å². The second-order valence-electron chi connectivity index (χ2n) is 5.19. The molecule has 5 heteroatoms. The molecule has 0 saturated carbocycles. The van der Waals surface area contributed by atoms with Crippen LogP contribution >= 0.6 is 11.6 Å². The maximum Gasteiger partial charge on any atom is 0.229 e. The number of nitrogens with one attached hydrogen (secondary N) is 2. The Kier molecular flexibility index (Phi) is 4.74. The first-order chi connectivity index (χ1) is 11.2. The van der Waals surface area contributed by atoms with Crippen molar-refractivity contribution in [3.05, 3.63) is 76.9 Å². The van der Waals surface area contributed by atoms with Gasteiger partial charge in [-0.25, -0.2) is 4.98 Å². The van der Waals surface area contributed by atoms with E-state index in [1.54, 1.807) is 6.20 Å². The Hall–Kier alpha value is -2.59. The van der Waals surface area contributed by atoms with Gasteiger partial charge in [0.05, 0.1) is 0 Å². The van der Waals surface area contributed by atoms with Gasteiger partial charge in [0.15, 0.2) is 0 Å². The summed E-state index contributed by atoms with van der Waals surface area (Å²) in [6.45, 7) is 2.73. The number of rotatable bonds is 5. The molecule has 3 aromatic rings.